The van der Waals surface area contributed by atoms with Crippen LogP contribution >= 0.6 is 0 Å². The molecule has 224 valence electrons. The number of benzene rings is 6. The van der Waals surface area contributed by atoms with Crippen molar-refractivity contribution in [2.24, 2.45) is 0 Å². The second-order valence-electron chi connectivity index (χ2n) is 12.1. The number of pyridine rings is 1. The van der Waals surface area contributed by atoms with Crippen LogP contribution in [0.15, 0.2) is 164 Å². The van der Waals surface area contributed by atoms with Gasteiger partial charge in [-0.25, -0.2) is 15.0 Å². The van der Waals surface area contributed by atoms with Gasteiger partial charge in [-0.15, -0.1) is 0 Å². The van der Waals surface area contributed by atoms with Gasteiger partial charge in [0, 0.05) is 38.5 Å². The molecule has 0 atom stereocenters. The fourth-order valence-electron chi connectivity index (χ4n) is 7.13. The molecule has 0 amide bonds. The van der Waals surface area contributed by atoms with Gasteiger partial charge >= 0.3 is 0 Å². The van der Waals surface area contributed by atoms with Gasteiger partial charge in [0.05, 0.1) is 27.9 Å². The molecule has 6 aromatic carbocycles. The van der Waals surface area contributed by atoms with Crippen molar-refractivity contribution in [3.63, 3.8) is 0 Å². The molecule has 0 aliphatic heterocycles. The van der Waals surface area contributed by atoms with Crippen molar-refractivity contribution in [1.82, 2.24) is 23.9 Å². The highest BCUT2D eigenvalue weighted by molar-refractivity contribution is 6.23. The topological polar surface area (TPSA) is 48.0 Å². The molecule has 0 bridgehead atoms. The summed E-state index contributed by atoms with van der Waals surface area (Å²) in [6, 6.07) is 57.1. The summed E-state index contributed by atoms with van der Waals surface area (Å²) < 4.78 is 4.72. The van der Waals surface area contributed by atoms with Crippen LogP contribution in [0.5, 0.6) is 0 Å². The van der Waals surface area contributed by atoms with E-state index in [-0.39, 0.29) is 0 Å². The van der Waals surface area contributed by atoms with Gasteiger partial charge in [-0.3, -0.25) is 8.97 Å². The Balaban J connectivity index is 1.22. The summed E-state index contributed by atoms with van der Waals surface area (Å²) in [7, 11) is 0. The molecular formula is C43H27N5. The van der Waals surface area contributed by atoms with Gasteiger partial charge < -0.3 is 0 Å². The largest absolute Gasteiger partial charge is 0.295 e. The van der Waals surface area contributed by atoms with Crippen LogP contribution in [0, 0.1) is 0 Å². The number of nitrogens with zero attached hydrogens (tertiary/aromatic N) is 5. The summed E-state index contributed by atoms with van der Waals surface area (Å²) in [5, 5.41) is 4.77. The molecule has 5 nitrogen and oxygen atoms in total. The SMILES string of the molecule is c1ccc(-c2cc(-c3ccc(-n4c5ccccc5c5c6ccccc6c6nc7ccccc7n6c54)cc3)nc(-c3ccccc3)n2)cc1. The van der Waals surface area contributed by atoms with Gasteiger partial charge in [0.1, 0.15) is 11.3 Å². The molecule has 0 saturated heterocycles. The van der Waals surface area contributed by atoms with Crippen LogP contribution in [0.25, 0.3) is 89.0 Å². The Hall–Kier alpha value is -6.59. The highest BCUT2D eigenvalue weighted by atomic mass is 15.1. The number of imidazole rings is 1. The van der Waals surface area contributed by atoms with E-state index in [1.165, 1.54) is 16.2 Å². The standard InChI is InChI=1S/C43H27N5/c1-3-13-28(14-4-1)36-27-37(45-41(44-36)30-15-5-2-6-16-30)29-23-25-31(26-24-29)47-38-21-11-9-19-34(38)40-32-17-7-8-18-33(32)42-46-35-20-10-12-22-39(35)48(42)43(40)47/h1-27H. The summed E-state index contributed by atoms with van der Waals surface area (Å²) in [6.07, 6.45) is 0. The zero-order chi connectivity index (χ0) is 31.6. The van der Waals surface area contributed by atoms with Gasteiger partial charge in [-0.2, -0.15) is 0 Å². The van der Waals surface area contributed by atoms with Crippen molar-refractivity contribution in [2.75, 3.05) is 0 Å². The summed E-state index contributed by atoms with van der Waals surface area (Å²) in [5.41, 5.74) is 11.2. The first kappa shape index (κ1) is 26.6. The minimum Gasteiger partial charge on any atom is -0.295 e. The van der Waals surface area contributed by atoms with Gasteiger partial charge in [0.15, 0.2) is 5.82 Å². The first-order valence-electron chi connectivity index (χ1n) is 16.1. The number of hydrogen-bond acceptors (Lipinski definition) is 3. The summed E-state index contributed by atoms with van der Waals surface area (Å²) >= 11 is 0. The fourth-order valence-corrected chi connectivity index (χ4v) is 7.13. The Morgan fingerprint density at radius 3 is 1.71 bits per heavy atom. The molecule has 0 aliphatic rings. The van der Waals surface area contributed by atoms with Gasteiger partial charge in [-0.05, 0) is 41.8 Å². The predicted octanol–water partition coefficient (Wildman–Crippen LogP) is 10.5. The Labute approximate surface area is 276 Å². The molecule has 48 heavy (non-hydrogen) atoms. The van der Waals surface area contributed by atoms with Crippen LogP contribution in [0.4, 0.5) is 0 Å². The van der Waals surface area contributed by atoms with E-state index in [0.29, 0.717) is 5.82 Å². The number of para-hydroxylation sites is 3. The van der Waals surface area contributed by atoms with Crippen molar-refractivity contribution in [3.8, 4) is 39.6 Å². The average molecular weight is 614 g/mol. The van der Waals surface area contributed by atoms with E-state index >= 15 is 0 Å². The van der Waals surface area contributed by atoms with Crippen LogP contribution in [0.2, 0.25) is 0 Å². The third-order valence-electron chi connectivity index (χ3n) is 9.31. The van der Waals surface area contributed by atoms with E-state index in [2.05, 4.69) is 136 Å². The lowest BCUT2D eigenvalue weighted by Crippen LogP contribution is -2.00. The average Bonchev–Trinajstić information content (AvgIpc) is 3.72. The summed E-state index contributed by atoms with van der Waals surface area (Å²) in [4.78, 5) is 15.2. The van der Waals surface area contributed by atoms with Gasteiger partial charge in [0.2, 0.25) is 0 Å². The molecule has 0 radical (unpaired) electrons. The molecule has 0 aliphatic carbocycles. The van der Waals surface area contributed by atoms with Crippen molar-refractivity contribution in [3.05, 3.63) is 164 Å². The molecule has 0 fully saturated rings. The van der Waals surface area contributed by atoms with E-state index < -0.39 is 0 Å². The maximum Gasteiger partial charge on any atom is 0.160 e. The van der Waals surface area contributed by atoms with Crippen LogP contribution in [0.1, 0.15) is 0 Å². The Bertz CT molecular complexity index is 2760. The van der Waals surface area contributed by atoms with Gasteiger partial charge in [-0.1, -0.05) is 127 Å². The smallest absolute Gasteiger partial charge is 0.160 e. The molecule has 0 unspecified atom stereocenters. The molecule has 0 spiro atoms. The molecule has 5 heteroatoms. The molecule has 0 saturated carbocycles. The fraction of sp³-hybridized carbons (Fsp3) is 0. The normalized spacial score (nSPS) is 11.8. The number of aromatic nitrogens is 5. The number of fused-ring (bicyclic) bond motifs is 10. The Morgan fingerprint density at radius 2 is 0.979 bits per heavy atom. The maximum atomic E-state index is 5.15. The van der Waals surface area contributed by atoms with Crippen molar-refractivity contribution >= 4 is 49.4 Å². The maximum absolute atomic E-state index is 5.15. The quantitative estimate of drug-likeness (QED) is 0.198. The lowest BCUT2D eigenvalue weighted by Gasteiger charge is -2.13. The van der Waals surface area contributed by atoms with E-state index in [1.54, 1.807) is 0 Å². The highest BCUT2D eigenvalue weighted by Crippen LogP contribution is 2.40. The summed E-state index contributed by atoms with van der Waals surface area (Å²) in [6.45, 7) is 0. The third-order valence-corrected chi connectivity index (χ3v) is 9.31. The Morgan fingerprint density at radius 1 is 0.417 bits per heavy atom. The van der Waals surface area contributed by atoms with Crippen LogP contribution in [-0.4, -0.2) is 23.9 Å². The molecule has 4 aromatic heterocycles. The molecule has 10 aromatic rings. The minimum atomic E-state index is 0.708. The van der Waals surface area contributed by atoms with Crippen LogP contribution < -0.4 is 0 Å². The first-order valence-corrected chi connectivity index (χ1v) is 16.1. The predicted molar refractivity (Wildman–Crippen MR) is 196 cm³/mol. The molecule has 0 N–H and O–H groups in total. The summed E-state index contributed by atoms with van der Waals surface area (Å²) in [5.74, 6) is 0.708. The molecular weight excluding hydrogens is 587 g/mol. The van der Waals surface area contributed by atoms with Crippen LogP contribution in [0.3, 0.4) is 0 Å². The second kappa shape index (κ2) is 10.5. The van der Waals surface area contributed by atoms with Crippen LogP contribution in [-0.2, 0) is 0 Å². The lowest BCUT2D eigenvalue weighted by molar-refractivity contribution is 1.11. The van der Waals surface area contributed by atoms with E-state index in [1.807, 2.05) is 36.4 Å². The zero-order valence-corrected chi connectivity index (χ0v) is 25.8. The second-order valence-corrected chi connectivity index (χ2v) is 12.1. The number of hydrogen-bond donors (Lipinski definition) is 0. The first-order chi connectivity index (χ1) is 23.8. The lowest BCUT2D eigenvalue weighted by atomic mass is 10.1. The monoisotopic (exact) mass is 613 g/mol. The van der Waals surface area contributed by atoms with Crippen molar-refractivity contribution in [1.29, 1.82) is 0 Å². The number of rotatable bonds is 4. The minimum absolute atomic E-state index is 0.708. The van der Waals surface area contributed by atoms with Gasteiger partial charge in [0.25, 0.3) is 0 Å². The molecule has 4 heterocycles. The van der Waals surface area contributed by atoms with Crippen molar-refractivity contribution in [2.45, 2.75) is 0 Å². The zero-order valence-electron chi connectivity index (χ0n) is 25.8. The van der Waals surface area contributed by atoms with Crippen molar-refractivity contribution < 1.29 is 0 Å². The van der Waals surface area contributed by atoms with E-state index in [9.17, 15) is 0 Å². The van der Waals surface area contributed by atoms with E-state index in [0.717, 1.165) is 67.0 Å². The Kier molecular flexibility index (Phi) is 5.81. The van der Waals surface area contributed by atoms with E-state index in [4.69, 9.17) is 15.0 Å². The molecule has 10 rings (SSSR count). The highest BCUT2D eigenvalue weighted by Gasteiger charge is 2.21. The third kappa shape index (κ3) is 4.01.